The number of nitrogens with one attached hydrogen (secondary N) is 1. The van der Waals surface area contributed by atoms with E-state index in [9.17, 15) is 34.2 Å². The molecule has 194 valence electrons. The first kappa shape index (κ1) is 26.1. The number of nitrogens with zero attached hydrogens (tertiary/aromatic N) is 1. The highest BCUT2D eigenvalue weighted by Crippen LogP contribution is 2.50. The number of likely N-dealkylation sites (N-methyl/N-ethyl adjacent to an activating group) is 1. The predicted molar refractivity (Wildman–Crippen MR) is 128 cm³/mol. The topological polar surface area (TPSA) is 167 Å². The lowest BCUT2D eigenvalue weighted by atomic mass is 9.52. The Kier molecular flexibility index (Phi) is 6.22. The van der Waals surface area contributed by atoms with E-state index in [0.29, 0.717) is 12.1 Å². The van der Waals surface area contributed by atoms with Crippen LogP contribution in [0.25, 0.3) is 0 Å². The zero-order valence-electron chi connectivity index (χ0n) is 21.1. The summed E-state index contributed by atoms with van der Waals surface area (Å²) in [5.41, 5.74) is 3.79. The summed E-state index contributed by atoms with van der Waals surface area (Å²) in [6.45, 7) is 6.47. The van der Waals surface area contributed by atoms with Crippen molar-refractivity contribution in [2.45, 2.75) is 57.3 Å². The Labute approximate surface area is 209 Å². The zero-order valence-corrected chi connectivity index (χ0v) is 21.1. The normalized spacial score (nSPS) is 32.2. The fourth-order valence-electron chi connectivity index (χ4n) is 6.17. The summed E-state index contributed by atoms with van der Waals surface area (Å²) in [7, 11) is 3.11. The lowest BCUT2D eigenvalue weighted by molar-refractivity contribution is -0.181. The van der Waals surface area contributed by atoms with Crippen molar-refractivity contribution >= 4 is 29.0 Å². The van der Waals surface area contributed by atoms with Crippen LogP contribution in [0.5, 0.6) is 5.75 Å². The van der Waals surface area contributed by atoms with E-state index in [1.54, 1.807) is 14.1 Å². The summed E-state index contributed by atoms with van der Waals surface area (Å²) in [4.78, 5) is 67.0. The molecule has 36 heavy (non-hydrogen) atoms. The number of hydrogen-bond acceptors (Lipinski definition) is 9. The molecule has 2 fully saturated rings. The highest BCUT2D eigenvalue weighted by atomic mass is 16.3. The van der Waals surface area contributed by atoms with Crippen molar-refractivity contribution in [1.82, 2.24) is 10.2 Å². The number of phenolic OH excluding ortho intramolecular Hbond substituents is 1. The van der Waals surface area contributed by atoms with Crippen LogP contribution in [0.2, 0.25) is 0 Å². The van der Waals surface area contributed by atoms with Gasteiger partial charge in [0.15, 0.2) is 34.7 Å². The first-order valence-electron chi connectivity index (χ1n) is 12.0. The molecule has 3 aliphatic rings. The molecule has 2 saturated carbocycles. The number of carbonyl (C=O) groups is 5. The molecule has 0 heterocycles. The molecule has 2 unspecified atom stereocenters. The smallest absolute Gasteiger partial charge is 0.235 e. The molecule has 0 saturated heterocycles. The van der Waals surface area contributed by atoms with E-state index >= 15 is 0 Å². The van der Waals surface area contributed by atoms with E-state index in [0.717, 1.165) is 5.56 Å². The van der Waals surface area contributed by atoms with Crippen LogP contribution < -0.4 is 11.1 Å². The third-order valence-electron chi connectivity index (χ3n) is 7.75. The van der Waals surface area contributed by atoms with Gasteiger partial charge in [0.1, 0.15) is 5.75 Å². The summed E-state index contributed by atoms with van der Waals surface area (Å²) < 4.78 is 0. The highest BCUT2D eigenvalue weighted by Gasteiger charge is 2.69. The van der Waals surface area contributed by atoms with Crippen LogP contribution in [0.3, 0.4) is 0 Å². The van der Waals surface area contributed by atoms with Gasteiger partial charge in [-0.15, -0.1) is 0 Å². The molecule has 6 atom stereocenters. The van der Waals surface area contributed by atoms with Gasteiger partial charge in [-0.3, -0.25) is 28.9 Å². The van der Waals surface area contributed by atoms with Crippen molar-refractivity contribution in [2.75, 3.05) is 14.1 Å². The molecular formula is C26H33N3O7. The molecule has 3 aliphatic carbocycles. The molecule has 0 aliphatic heterocycles. The van der Waals surface area contributed by atoms with Crippen LogP contribution in [-0.2, 0) is 32.1 Å². The maximum atomic E-state index is 13.7. The first-order chi connectivity index (χ1) is 16.6. The number of fused-ring (bicyclic) bond motifs is 3. The Morgan fingerprint density at radius 2 is 1.81 bits per heavy atom. The molecule has 4 rings (SSSR count). The number of hydrogen-bond donors (Lipinski definition) is 4. The van der Waals surface area contributed by atoms with Crippen LogP contribution in [0.4, 0.5) is 0 Å². The lowest BCUT2D eigenvalue weighted by Gasteiger charge is -2.52. The van der Waals surface area contributed by atoms with Gasteiger partial charge in [-0.05, 0) is 70.8 Å². The van der Waals surface area contributed by atoms with Crippen molar-refractivity contribution in [3.63, 3.8) is 0 Å². The highest BCUT2D eigenvalue weighted by molar-refractivity contribution is 6.32. The maximum absolute atomic E-state index is 13.7. The molecule has 10 nitrogen and oxygen atoms in total. The molecule has 1 aromatic carbocycles. The minimum atomic E-state index is -2.71. The molecule has 0 radical (unpaired) electrons. The standard InChI is InChI=1S/C26H33N3O7/c1-25(2,3)28-10-11-6-12-8-13-9-14-19(29(4)5)21(32)18(24(27)35)23(34)26(14,36)22(33)17(13)20(31)16(12)15(30)7-11/h6-7,13-14,17-19,28,30,36H,8-10H2,1-5H3,(H2,27,35)/t13-,14-,17?,18?,19-,26-/m0/s1. The number of phenols is 1. The molecule has 0 aromatic heterocycles. The second-order valence-corrected chi connectivity index (χ2v) is 11.5. The third kappa shape index (κ3) is 3.88. The van der Waals surface area contributed by atoms with Crippen LogP contribution >= 0.6 is 0 Å². The van der Waals surface area contributed by atoms with Gasteiger partial charge >= 0.3 is 0 Å². The number of carbonyl (C=O) groups excluding carboxylic acids is 5. The quantitative estimate of drug-likeness (QED) is 0.409. The monoisotopic (exact) mass is 499 g/mol. The molecule has 10 heteroatoms. The van der Waals surface area contributed by atoms with E-state index in [-0.39, 0.29) is 29.7 Å². The minimum absolute atomic E-state index is 0.00102. The second kappa shape index (κ2) is 8.57. The summed E-state index contributed by atoms with van der Waals surface area (Å²) >= 11 is 0. The molecule has 0 bridgehead atoms. The first-order valence-corrected chi connectivity index (χ1v) is 12.0. The van der Waals surface area contributed by atoms with Crippen molar-refractivity contribution in [3.8, 4) is 5.75 Å². The Morgan fingerprint density at radius 3 is 2.36 bits per heavy atom. The number of ketones is 4. The summed E-state index contributed by atoms with van der Waals surface area (Å²) in [5, 5.41) is 25.6. The fourth-order valence-corrected chi connectivity index (χ4v) is 6.17. The number of aliphatic hydroxyl groups is 1. The maximum Gasteiger partial charge on any atom is 0.235 e. The minimum Gasteiger partial charge on any atom is -0.507 e. The van der Waals surface area contributed by atoms with Gasteiger partial charge in [-0.1, -0.05) is 6.07 Å². The second-order valence-electron chi connectivity index (χ2n) is 11.5. The van der Waals surface area contributed by atoms with Crippen LogP contribution in [0.15, 0.2) is 12.1 Å². The number of nitrogens with two attached hydrogens (primary N) is 1. The summed E-state index contributed by atoms with van der Waals surface area (Å²) in [5.74, 6) is -10.3. The van der Waals surface area contributed by atoms with Gasteiger partial charge in [0.25, 0.3) is 0 Å². The Balaban J connectivity index is 1.78. The molecule has 1 amide bonds. The molecule has 0 spiro atoms. The number of Topliss-reactive ketones (excluding diaryl/α,β-unsaturated/α-hetero) is 4. The number of benzene rings is 1. The number of aromatic hydroxyl groups is 1. The molecular weight excluding hydrogens is 466 g/mol. The summed E-state index contributed by atoms with van der Waals surface area (Å²) in [6.07, 6.45) is 0.290. The zero-order chi connectivity index (χ0) is 26.9. The van der Waals surface area contributed by atoms with Crippen molar-refractivity contribution in [1.29, 1.82) is 0 Å². The van der Waals surface area contributed by atoms with E-state index in [1.807, 2.05) is 26.8 Å². The Hall–Kier alpha value is -2.95. The largest absolute Gasteiger partial charge is 0.507 e. The Bertz CT molecular complexity index is 1180. The van der Waals surface area contributed by atoms with E-state index < -0.39 is 64.4 Å². The average molecular weight is 500 g/mol. The van der Waals surface area contributed by atoms with Gasteiger partial charge in [-0.2, -0.15) is 0 Å². The third-order valence-corrected chi connectivity index (χ3v) is 7.75. The van der Waals surface area contributed by atoms with Gasteiger partial charge < -0.3 is 21.3 Å². The van der Waals surface area contributed by atoms with Crippen LogP contribution in [-0.4, -0.2) is 75.4 Å². The number of rotatable bonds is 4. The van der Waals surface area contributed by atoms with Crippen LogP contribution in [0.1, 0.15) is 48.7 Å². The number of amides is 1. The van der Waals surface area contributed by atoms with Gasteiger partial charge in [0.2, 0.25) is 5.91 Å². The van der Waals surface area contributed by atoms with Gasteiger partial charge in [0, 0.05) is 18.0 Å². The lowest BCUT2D eigenvalue weighted by Crippen LogP contribution is -2.74. The molecule has 1 aromatic rings. The van der Waals surface area contributed by atoms with Crippen molar-refractivity contribution in [2.24, 2.45) is 29.4 Å². The Morgan fingerprint density at radius 1 is 1.17 bits per heavy atom. The number of primary amides is 1. The fraction of sp³-hybridized carbons (Fsp3) is 0.577. The van der Waals surface area contributed by atoms with E-state index in [2.05, 4.69) is 5.32 Å². The summed E-state index contributed by atoms with van der Waals surface area (Å²) in [6, 6.07) is 2.18. The predicted octanol–water partition coefficient (Wildman–Crippen LogP) is -0.245. The van der Waals surface area contributed by atoms with Crippen LogP contribution in [0, 0.1) is 23.7 Å². The van der Waals surface area contributed by atoms with Crippen molar-refractivity contribution in [3.05, 3.63) is 28.8 Å². The molecule has 5 N–H and O–H groups in total. The van der Waals surface area contributed by atoms with E-state index in [1.165, 1.54) is 11.0 Å². The van der Waals surface area contributed by atoms with Crippen molar-refractivity contribution < 1.29 is 34.2 Å². The van der Waals surface area contributed by atoms with Gasteiger partial charge in [-0.25, -0.2) is 0 Å². The SMILES string of the molecule is CN(C)[C@@H]1C(=O)C(C(N)=O)C(=O)[C@@]2(O)C(=O)C3C(=O)c4c(O)cc(CNC(C)(C)C)cc4C[C@H]3C[C@@H]12. The van der Waals surface area contributed by atoms with E-state index in [4.69, 9.17) is 5.73 Å². The average Bonchev–Trinajstić information content (AvgIpc) is 2.73. The van der Waals surface area contributed by atoms with Gasteiger partial charge in [0.05, 0.1) is 17.5 Å².